The van der Waals surface area contributed by atoms with E-state index in [-0.39, 0.29) is 5.75 Å². The zero-order chi connectivity index (χ0) is 21.6. The normalized spacial score (nSPS) is 15.5. The van der Waals surface area contributed by atoms with Gasteiger partial charge >= 0.3 is 0 Å². The average molecular weight is 438 g/mol. The first-order valence-corrected chi connectivity index (χ1v) is 11.4. The molecule has 0 aliphatic heterocycles. The number of thiazole rings is 1. The van der Waals surface area contributed by atoms with Gasteiger partial charge in [-0.3, -0.25) is 4.99 Å². The molecule has 1 N–H and O–H groups in total. The molecule has 0 bridgehead atoms. The quantitative estimate of drug-likeness (QED) is 0.549. The van der Waals surface area contributed by atoms with E-state index in [0.29, 0.717) is 17.4 Å². The van der Waals surface area contributed by atoms with E-state index in [2.05, 4.69) is 0 Å². The Kier molecular flexibility index (Phi) is 6.72. The van der Waals surface area contributed by atoms with Crippen molar-refractivity contribution in [3.05, 3.63) is 58.2 Å². The lowest BCUT2D eigenvalue weighted by atomic mass is 9.96. The van der Waals surface area contributed by atoms with Crippen molar-refractivity contribution in [3.63, 3.8) is 0 Å². The molecule has 0 atom stereocenters. The Bertz CT molecular complexity index is 1130. The predicted molar refractivity (Wildman–Crippen MR) is 124 cm³/mol. The van der Waals surface area contributed by atoms with Gasteiger partial charge in [0.15, 0.2) is 0 Å². The third-order valence-electron chi connectivity index (χ3n) is 5.49. The highest BCUT2D eigenvalue weighted by Crippen LogP contribution is 2.33. The number of ether oxygens (including phenoxy) is 2. The van der Waals surface area contributed by atoms with Crippen LogP contribution in [0.2, 0.25) is 0 Å². The summed E-state index contributed by atoms with van der Waals surface area (Å²) in [5.74, 6) is 1.62. The summed E-state index contributed by atoms with van der Waals surface area (Å²) in [5.41, 5.74) is 2.43. The van der Waals surface area contributed by atoms with E-state index in [1.165, 1.54) is 19.3 Å². The van der Waals surface area contributed by atoms with Crippen LogP contribution in [-0.4, -0.2) is 36.3 Å². The van der Waals surface area contributed by atoms with Crippen molar-refractivity contribution >= 4 is 17.6 Å². The van der Waals surface area contributed by atoms with Crippen LogP contribution < -0.4 is 14.3 Å². The molecule has 4 rings (SSSR count). The van der Waals surface area contributed by atoms with Crippen LogP contribution in [0, 0.1) is 0 Å². The molecule has 6 nitrogen and oxygen atoms in total. The fraction of sp³-hybridized carbons (Fsp3) is 0.333. The highest BCUT2D eigenvalue weighted by atomic mass is 32.1. The van der Waals surface area contributed by atoms with E-state index in [0.717, 1.165) is 34.6 Å². The SMILES string of the molecule is COc1ccc(-c2csc(=NC3CCCCC3)n2N=Cc2ccccc2O)c(OC)c1. The van der Waals surface area contributed by atoms with Gasteiger partial charge in [-0.05, 0) is 37.1 Å². The third-order valence-corrected chi connectivity index (χ3v) is 6.32. The van der Waals surface area contributed by atoms with Gasteiger partial charge in [-0.15, -0.1) is 11.3 Å². The molecule has 1 fully saturated rings. The standard InChI is InChI=1S/C24H27N3O3S/c1-29-19-12-13-20(23(14-19)30-2)21-16-31-24(26-18-9-4-3-5-10-18)27(21)25-15-17-8-6-7-11-22(17)28/h6-8,11-16,18,28H,3-5,9-10H2,1-2H3. The summed E-state index contributed by atoms with van der Waals surface area (Å²) in [6, 6.07) is 13.2. The molecular weight excluding hydrogens is 410 g/mol. The number of hydrogen-bond donors (Lipinski definition) is 1. The van der Waals surface area contributed by atoms with E-state index in [1.54, 1.807) is 43.9 Å². The summed E-state index contributed by atoms with van der Waals surface area (Å²) in [4.78, 5) is 5.87. The first-order valence-electron chi connectivity index (χ1n) is 10.5. The van der Waals surface area contributed by atoms with Crippen molar-refractivity contribution in [1.29, 1.82) is 0 Å². The fourth-order valence-electron chi connectivity index (χ4n) is 3.78. The molecule has 0 unspecified atom stereocenters. The third kappa shape index (κ3) is 4.82. The van der Waals surface area contributed by atoms with Crippen LogP contribution in [0.1, 0.15) is 37.7 Å². The van der Waals surface area contributed by atoms with Gasteiger partial charge in [-0.1, -0.05) is 31.4 Å². The van der Waals surface area contributed by atoms with Gasteiger partial charge in [0.1, 0.15) is 17.2 Å². The van der Waals surface area contributed by atoms with Crippen LogP contribution in [0.5, 0.6) is 17.2 Å². The summed E-state index contributed by atoms with van der Waals surface area (Å²) in [5, 5.41) is 16.9. The molecule has 162 valence electrons. The number of hydrogen-bond acceptors (Lipinski definition) is 6. The molecule has 1 aliphatic carbocycles. The Morgan fingerprint density at radius 1 is 1.06 bits per heavy atom. The van der Waals surface area contributed by atoms with Crippen molar-refractivity contribution in [1.82, 2.24) is 4.68 Å². The van der Waals surface area contributed by atoms with Gasteiger partial charge in [0.25, 0.3) is 0 Å². The van der Waals surface area contributed by atoms with E-state index in [9.17, 15) is 5.11 Å². The lowest BCUT2D eigenvalue weighted by Crippen LogP contribution is -2.19. The number of rotatable bonds is 6. The number of benzene rings is 2. The topological polar surface area (TPSA) is 68.3 Å². The zero-order valence-corrected chi connectivity index (χ0v) is 18.6. The predicted octanol–water partition coefficient (Wildman–Crippen LogP) is 5.06. The fourth-order valence-corrected chi connectivity index (χ4v) is 4.68. The van der Waals surface area contributed by atoms with Crippen molar-refractivity contribution in [2.24, 2.45) is 10.1 Å². The minimum atomic E-state index is 0.191. The molecule has 0 spiro atoms. The molecule has 1 saturated carbocycles. The van der Waals surface area contributed by atoms with Gasteiger partial charge in [-0.2, -0.15) is 5.10 Å². The van der Waals surface area contributed by atoms with Crippen molar-refractivity contribution in [2.75, 3.05) is 14.2 Å². The summed E-state index contributed by atoms with van der Waals surface area (Å²) < 4.78 is 12.8. The minimum Gasteiger partial charge on any atom is -0.507 e. The molecule has 1 aromatic heterocycles. The Balaban J connectivity index is 1.82. The van der Waals surface area contributed by atoms with Crippen molar-refractivity contribution in [2.45, 2.75) is 38.1 Å². The van der Waals surface area contributed by atoms with E-state index >= 15 is 0 Å². The largest absolute Gasteiger partial charge is 0.507 e. The van der Waals surface area contributed by atoms with Gasteiger partial charge in [0.05, 0.1) is 32.2 Å². The molecule has 0 amide bonds. The van der Waals surface area contributed by atoms with Gasteiger partial charge in [0, 0.05) is 22.6 Å². The number of aromatic nitrogens is 1. The van der Waals surface area contributed by atoms with E-state index < -0.39 is 0 Å². The van der Waals surface area contributed by atoms with Crippen LogP contribution in [0.15, 0.2) is 57.9 Å². The van der Waals surface area contributed by atoms with Gasteiger partial charge in [0.2, 0.25) is 4.80 Å². The Morgan fingerprint density at radius 2 is 1.87 bits per heavy atom. The zero-order valence-electron chi connectivity index (χ0n) is 17.8. The molecular formula is C24H27N3O3S. The first kappa shape index (κ1) is 21.2. The highest BCUT2D eigenvalue weighted by Gasteiger charge is 2.16. The lowest BCUT2D eigenvalue weighted by Gasteiger charge is -2.17. The number of para-hydroxylation sites is 1. The number of phenolic OH excluding ortho intramolecular Hbond substituents is 1. The molecule has 0 radical (unpaired) electrons. The summed E-state index contributed by atoms with van der Waals surface area (Å²) in [6.07, 6.45) is 7.63. The summed E-state index contributed by atoms with van der Waals surface area (Å²) in [6.45, 7) is 0. The maximum absolute atomic E-state index is 10.1. The molecule has 2 aromatic carbocycles. The summed E-state index contributed by atoms with van der Waals surface area (Å²) in [7, 11) is 3.28. The molecule has 1 heterocycles. The molecule has 31 heavy (non-hydrogen) atoms. The Labute approximate surface area is 186 Å². The number of nitrogens with zero attached hydrogens (tertiary/aromatic N) is 3. The smallest absolute Gasteiger partial charge is 0.206 e. The second kappa shape index (κ2) is 9.83. The van der Waals surface area contributed by atoms with Crippen molar-refractivity contribution in [3.8, 4) is 28.5 Å². The van der Waals surface area contributed by atoms with E-state index in [1.807, 2.05) is 40.4 Å². The van der Waals surface area contributed by atoms with Crippen LogP contribution in [-0.2, 0) is 0 Å². The maximum Gasteiger partial charge on any atom is 0.206 e. The van der Waals surface area contributed by atoms with E-state index in [4.69, 9.17) is 19.6 Å². The summed E-state index contributed by atoms with van der Waals surface area (Å²) >= 11 is 1.57. The molecule has 1 aliphatic rings. The van der Waals surface area contributed by atoms with Crippen LogP contribution in [0.4, 0.5) is 0 Å². The van der Waals surface area contributed by atoms with Crippen LogP contribution >= 0.6 is 11.3 Å². The minimum absolute atomic E-state index is 0.191. The second-order valence-electron chi connectivity index (χ2n) is 7.51. The monoisotopic (exact) mass is 437 g/mol. The number of phenols is 1. The highest BCUT2D eigenvalue weighted by molar-refractivity contribution is 7.07. The molecule has 3 aromatic rings. The van der Waals surface area contributed by atoms with Crippen LogP contribution in [0.25, 0.3) is 11.3 Å². The Hall–Kier alpha value is -3.06. The molecule has 0 saturated heterocycles. The first-order chi connectivity index (χ1) is 15.2. The maximum atomic E-state index is 10.1. The lowest BCUT2D eigenvalue weighted by molar-refractivity contribution is 0.395. The number of methoxy groups -OCH3 is 2. The van der Waals surface area contributed by atoms with Gasteiger partial charge in [-0.25, -0.2) is 4.68 Å². The van der Waals surface area contributed by atoms with Gasteiger partial charge < -0.3 is 14.6 Å². The Morgan fingerprint density at radius 3 is 2.61 bits per heavy atom. The average Bonchev–Trinajstić information content (AvgIpc) is 3.20. The second-order valence-corrected chi connectivity index (χ2v) is 8.34. The molecule has 7 heteroatoms. The number of aromatic hydroxyl groups is 1. The van der Waals surface area contributed by atoms with Crippen LogP contribution in [0.3, 0.4) is 0 Å². The van der Waals surface area contributed by atoms with Crippen molar-refractivity contribution < 1.29 is 14.6 Å².